The summed E-state index contributed by atoms with van der Waals surface area (Å²) in [6.07, 6.45) is -0.0953. The van der Waals surface area contributed by atoms with Crippen LogP contribution in [-0.4, -0.2) is 6.16 Å². The Morgan fingerprint density at radius 2 is 2.00 bits per heavy atom. The first kappa shape index (κ1) is 9.27. The van der Waals surface area contributed by atoms with Gasteiger partial charge in [-0.2, -0.15) is 0 Å². The first-order chi connectivity index (χ1) is 5.64. The normalized spacial score (nSPS) is 15.2. The molecule has 1 unspecified atom stereocenters. The van der Waals surface area contributed by atoms with Gasteiger partial charge >= 0.3 is 7.68 Å². The van der Waals surface area contributed by atoms with Gasteiger partial charge in [-0.15, -0.1) is 4.20 Å². The van der Waals surface area contributed by atoms with Crippen LogP contribution in [0.15, 0.2) is 30.3 Å². The minimum atomic E-state index is -3.90. The van der Waals surface area contributed by atoms with Gasteiger partial charge in [0.1, 0.15) is 5.75 Å². The Hall–Kier alpha value is -0.820. The molecule has 0 bridgehead atoms. The fraction of sp³-hybridized carbons (Fsp3) is 0.250. The molecule has 0 aliphatic heterocycles. The number of halogens is 1. The SMILES string of the molecule is CCP(=O)(F)Oc1ccccc1. The number of benzene rings is 1. The van der Waals surface area contributed by atoms with Crippen LogP contribution in [0.3, 0.4) is 0 Å². The highest BCUT2D eigenvalue weighted by atomic mass is 31.2. The lowest BCUT2D eigenvalue weighted by atomic mass is 10.3. The maximum absolute atomic E-state index is 12.8. The van der Waals surface area contributed by atoms with Gasteiger partial charge in [-0.05, 0) is 12.1 Å². The first-order valence-electron chi connectivity index (χ1n) is 3.67. The lowest BCUT2D eigenvalue weighted by molar-refractivity contribution is 0.436. The molecule has 0 fully saturated rings. The van der Waals surface area contributed by atoms with E-state index in [1.807, 2.05) is 0 Å². The molecule has 0 N–H and O–H groups in total. The highest BCUT2D eigenvalue weighted by Gasteiger charge is 2.19. The molecule has 12 heavy (non-hydrogen) atoms. The van der Waals surface area contributed by atoms with Gasteiger partial charge in [0.05, 0.1) is 6.16 Å². The van der Waals surface area contributed by atoms with Crippen molar-refractivity contribution in [3.05, 3.63) is 30.3 Å². The maximum Gasteiger partial charge on any atom is 0.415 e. The molecule has 4 heteroatoms. The highest BCUT2D eigenvalue weighted by molar-refractivity contribution is 7.53. The van der Waals surface area contributed by atoms with Gasteiger partial charge in [-0.3, -0.25) is 0 Å². The van der Waals surface area contributed by atoms with Crippen LogP contribution >= 0.6 is 7.68 Å². The Balaban J connectivity index is 2.71. The quantitative estimate of drug-likeness (QED) is 0.680. The molecule has 66 valence electrons. The van der Waals surface area contributed by atoms with E-state index in [1.165, 1.54) is 6.92 Å². The molecule has 1 aromatic rings. The summed E-state index contributed by atoms with van der Waals surface area (Å²) >= 11 is 0. The van der Waals surface area contributed by atoms with Crippen LogP contribution in [0.5, 0.6) is 5.75 Å². The van der Waals surface area contributed by atoms with E-state index in [9.17, 15) is 8.76 Å². The summed E-state index contributed by atoms with van der Waals surface area (Å²) in [5, 5.41) is 0. The second kappa shape index (κ2) is 3.72. The summed E-state index contributed by atoms with van der Waals surface area (Å²) < 4.78 is 28.3. The van der Waals surface area contributed by atoms with Gasteiger partial charge in [0.15, 0.2) is 0 Å². The molecular formula is C8H10FO2P. The van der Waals surface area contributed by atoms with Crippen molar-refractivity contribution in [3.63, 3.8) is 0 Å². The van der Waals surface area contributed by atoms with Crippen LogP contribution in [0.4, 0.5) is 4.20 Å². The molecule has 0 saturated heterocycles. The fourth-order valence-electron chi connectivity index (χ4n) is 0.703. The smallest absolute Gasteiger partial charge is 0.415 e. The van der Waals surface area contributed by atoms with Gasteiger partial charge in [0.25, 0.3) is 0 Å². The van der Waals surface area contributed by atoms with E-state index in [-0.39, 0.29) is 6.16 Å². The molecule has 0 aliphatic rings. The number of rotatable bonds is 3. The highest BCUT2D eigenvalue weighted by Crippen LogP contribution is 2.47. The molecule has 0 amide bonds. The molecule has 1 rings (SSSR count). The van der Waals surface area contributed by atoms with Gasteiger partial charge < -0.3 is 4.52 Å². The lowest BCUT2D eigenvalue weighted by Crippen LogP contribution is -1.89. The summed E-state index contributed by atoms with van der Waals surface area (Å²) in [4.78, 5) is 0. The summed E-state index contributed by atoms with van der Waals surface area (Å²) in [7, 11) is -3.90. The topological polar surface area (TPSA) is 26.3 Å². The zero-order valence-corrected chi connectivity index (χ0v) is 7.63. The molecular weight excluding hydrogens is 178 g/mol. The Morgan fingerprint density at radius 1 is 1.42 bits per heavy atom. The minimum absolute atomic E-state index is 0.0953. The van der Waals surface area contributed by atoms with E-state index in [2.05, 4.69) is 4.52 Å². The van der Waals surface area contributed by atoms with Crippen LogP contribution in [0, 0.1) is 0 Å². The molecule has 2 nitrogen and oxygen atoms in total. The predicted octanol–water partition coefficient (Wildman–Crippen LogP) is 3.25. The van der Waals surface area contributed by atoms with Crippen molar-refractivity contribution in [3.8, 4) is 5.75 Å². The minimum Gasteiger partial charge on any atom is -0.422 e. The van der Waals surface area contributed by atoms with E-state index in [4.69, 9.17) is 0 Å². The molecule has 0 heterocycles. The number of hydrogen-bond donors (Lipinski definition) is 0. The summed E-state index contributed by atoms with van der Waals surface area (Å²) in [5.41, 5.74) is 0. The van der Waals surface area contributed by atoms with Crippen molar-refractivity contribution in [2.45, 2.75) is 6.92 Å². The third-order valence-corrected chi connectivity index (χ3v) is 2.60. The standard InChI is InChI=1S/C8H10FO2P/c1-2-12(9,10)11-8-6-4-3-5-7-8/h3-7H,2H2,1H3. The van der Waals surface area contributed by atoms with Gasteiger partial charge in [0, 0.05) is 0 Å². The third-order valence-electron chi connectivity index (χ3n) is 1.36. The van der Waals surface area contributed by atoms with E-state index in [1.54, 1.807) is 30.3 Å². The van der Waals surface area contributed by atoms with E-state index >= 15 is 0 Å². The van der Waals surface area contributed by atoms with Gasteiger partial charge in [0.2, 0.25) is 0 Å². The molecule has 1 aromatic carbocycles. The van der Waals surface area contributed by atoms with E-state index in [0.717, 1.165) is 0 Å². The van der Waals surface area contributed by atoms with Crippen molar-refractivity contribution in [2.75, 3.05) is 6.16 Å². The molecule has 0 spiro atoms. The Morgan fingerprint density at radius 3 is 2.50 bits per heavy atom. The van der Waals surface area contributed by atoms with Crippen molar-refractivity contribution in [2.24, 2.45) is 0 Å². The maximum atomic E-state index is 12.8. The van der Waals surface area contributed by atoms with E-state index < -0.39 is 7.68 Å². The zero-order chi connectivity index (χ0) is 9.03. The average molecular weight is 188 g/mol. The number of para-hydroxylation sites is 1. The molecule has 0 aromatic heterocycles. The van der Waals surface area contributed by atoms with Crippen molar-refractivity contribution in [1.82, 2.24) is 0 Å². The predicted molar refractivity (Wildman–Crippen MR) is 46.3 cm³/mol. The number of hydrogen-bond acceptors (Lipinski definition) is 2. The van der Waals surface area contributed by atoms with Gasteiger partial charge in [-0.25, -0.2) is 4.57 Å². The molecule has 0 saturated carbocycles. The molecule has 0 aliphatic carbocycles. The summed E-state index contributed by atoms with van der Waals surface area (Å²) in [6, 6.07) is 8.32. The second-order valence-electron chi connectivity index (χ2n) is 2.31. The zero-order valence-electron chi connectivity index (χ0n) is 6.74. The van der Waals surface area contributed by atoms with Crippen LogP contribution < -0.4 is 4.52 Å². The van der Waals surface area contributed by atoms with Crippen LogP contribution in [0.2, 0.25) is 0 Å². The van der Waals surface area contributed by atoms with Crippen LogP contribution in [-0.2, 0) is 4.57 Å². The summed E-state index contributed by atoms with van der Waals surface area (Å²) in [5.74, 6) is 0.310. The first-order valence-corrected chi connectivity index (χ1v) is 5.37. The van der Waals surface area contributed by atoms with Crippen molar-refractivity contribution >= 4 is 7.68 Å². The van der Waals surface area contributed by atoms with Crippen LogP contribution in [0.1, 0.15) is 6.92 Å². The van der Waals surface area contributed by atoms with Gasteiger partial charge in [-0.1, -0.05) is 25.1 Å². The van der Waals surface area contributed by atoms with Crippen LogP contribution in [0.25, 0.3) is 0 Å². The van der Waals surface area contributed by atoms with Crippen molar-refractivity contribution in [1.29, 1.82) is 0 Å². The Kier molecular flexibility index (Phi) is 2.88. The van der Waals surface area contributed by atoms with E-state index in [0.29, 0.717) is 5.75 Å². The Labute approximate surface area is 70.9 Å². The average Bonchev–Trinajstić information content (AvgIpc) is 2.06. The molecule has 1 atom stereocenters. The third kappa shape index (κ3) is 2.67. The van der Waals surface area contributed by atoms with Crippen molar-refractivity contribution < 1.29 is 13.3 Å². The monoisotopic (exact) mass is 188 g/mol. The summed E-state index contributed by atoms with van der Waals surface area (Å²) in [6.45, 7) is 1.49. The Bertz CT molecular complexity index is 286. The fourth-order valence-corrected chi connectivity index (χ4v) is 1.27. The second-order valence-corrected chi connectivity index (χ2v) is 4.31. The largest absolute Gasteiger partial charge is 0.422 e. The lowest BCUT2D eigenvalue weighted by Gasteiger charge is -2.07. The molecule has 0 radical (unpaired) electrons.